The monoisotopic (exact) mass is 281 g/mol. The van der Waals surface area contributed by atoms with Gasteiger partial charge in [0.1, 0.15) is 11.6 Å². The summed E-state index contributed by atoms with van der Waals surface area (Å²) in [6.07, 6.45) is 1.78. The lowest BCUT2D eigenvalue weighted by molar-refractivity contribution is 0.411. The van der Waals surface area contributed by atoms with Crippen molar-refractivity contribution in [2.24, 2.45) is 0 Å². The Labute approximate surface area is 117 Å². The van der Waals surface area contributed by atoms with Gasteiger partial charge in [-0.05, 0) is 60.8 Å². The molecule has 2 nitrogen and oxygen atoms in total. The molecule has 0 aliphatic carbocycles. The summed E-state index contributed by atoms with van der Waals surface area (Å²) in [6.45, 7) is 3.00. The zero-order valence-electron chi connectivity index (χ0n) is 10.8. The minimum atomic E-state index is -0.220. The van der Waals surface area contributed by atoms with E-state index in [0.29, 0.717) is 5.22 Å². The topological polar surface area (TPSA) is 25.2 Å². The maximum Gasteiger partial charge on any atom is 0.193 e. The van der Waals surface area contributed by atoms with Crippen LogP contribution in [0.15, 0.2) is 40.8 Å². The molecule has 1 heterocycles. The second-order valence-corrected chi connectivity index (χ2v) is 4.85. The average Bonchev–Trinajstić information content (AvgIpc) is 2.83. The van der Waals surface area contributed by atoms with Crippen LogP contribution in [0.2, 0.25) is 5.22 Å². The molecule has 1 aromatic heterocycles. The van der Waals surface area contributed by atoms with E-state index in [2.05, 4.69) is 12.2 Å². The van der Waals surface area contributed by atoms with Crippen LogP contribution in [0.3, 0.4) is 0 Å². The van der Waals surface area contributed by atoms with E-state index in [1.165, 1.54) is 12.1 Å². The zero-order chi connectivity index (χ0) is 13.7. The molecule has 1 aromatic carbocycles. The van der Waals surface area contributed by atoms with Gasteiger partial charge in [-0.1, -0.05) is 19.1 Å². The standard InChI is InChI=1S/C15H17ClFNO/c1-2-9-18-13(14-7-8-15(16)19-14)10-11-3-5-12(17)6-4-11/h3-8,13,18H,2,9-10H2,1H3. The molecule has 102 valence electrons. The number of hydrogen-bond donors (Lipinski definition) is 1. The first-order valence-corrected chi connectivity index (χ1v) is 6.80. The maximum absolute atomic E-state index is 12.9. The summed E-state index contributed by atoms with van der Waals surface area (Å²) in [4.78, 5) is 0. The molecule has 1 atom stereocenters. The molecule has 0 radical (unpaired) electrons. The average molecular weight is 282 g/mol. The summed E-state index contributed by atoms with van der Waals surface area (Å²) < 4.78 is 18.4. The highest BCUT2D eigenvalue weighted by molar-refractivity contribution is 6.28. The fourth-order valence-corrected chi connectivity index (χ4v) is 2.12. The summed E-state index contributed by atoms with van der Waals surface area (Å²) in [5.74, 6) is 0.589. The van der Waals surface area contributed by atoms with Gasteiger partial charge >= 0.3 is 0 Å². The van der Waals surface area contributed by atoms with Crippen molar-refractivity contribution in [3.05, 3.63) is 58.8 Å². The highest BCUT2D eigenvalue weighted by Gasteiger charge is 2.15. The van der Waals surface area contributed by atoms with Crippen LogP contribution in [-0.4, -0.2) is 6.54 Å². The highest BCUT2D eigenvalue weighted by atomic mass is 35.5. The van der Waals surface area contributed by atoms with E-state index in [1.54, 1.807) is 18.2 Å². The Morgan fingerprint density at radius 2 is 1.95 bits per heavy atom. The van der Waals surface area contributed by atoms with Crippen molar-refractivity contribution in [3.63, 3.8) is 0 Å². The minimum absolute atomic E-state index is 0.0536. The summed E-state index contributed by atoms with van der Waals surface area (Å²) >= 11 is 5.82. The van der Waals surface area contributed by atoms with Crippen molar-refractivity contribution in [1.29, 1.82) is 0 Å². The van der Waals surface area contributed by atoms with Crippen molar-refractivity contribution >= 4 is 11.6 Å². The van der Waals surface area contributed by atoms with E-state index >= 15 is 0 Å². The summed E-state index contributed by atoms with van der Waals surface area (Å²) in [6, 6.07) is 10.2. The van der Waals surface area contributed by atoms with Crippen LogP contribution in [-0.2, 0) is 6.42 Å². The molecule has 0 fully saturated rings. The highest BCUT2D eigenvalue weighted by Crippen LogP contribution is 2.23. The maximum atomic E-state index is 12.9. The van der Waals surface area contributed by atoms with E-state index in [9.17, 15) is 4.39 Å². The molecular weight excluding hydrogens is 265 g/mol. The molecule has 0 saturated heterocycles. The number of halogens is 2. The van der Waals surface area contributed by atoms with Crippen LogP contribution in [0.5, 0.6) is 0 Å². The summed E-state index contributed by atoms with van der Waals surface area (Å²) in [5, 5.41) is 3.80. The normalized spacial score (nSPS) is 12.6. The third-order valence-electron chi connectivity index (χ3n) is 2.93. The van der Waals surface area contributed by atoms with Crippen molar-refractivity contribution < 1.29 is 8.81 Å². The van der Waals surface area contributed by atoms with Gasteiger partial charge in [0.25, 0.3) is 0 Å². The van der Waals surface area contributed by atoms with Gasteiger partial charge in [-0.15, -0.1) is 0 Å². The van der Waals surface area contributed by atoms with Gasteiger partial charge in [0.15, 0.2) is 5.22 Å². The van der Waals surface area contributed by atoms with Crippen molar-refractivity contribution in [3.8, 4) is 0 Å². The number of nitrogens with one attached hydrogen (secondary N) is 1. The van der Waals surface area contributed by atoms with Gasteiger partial charge in [-0.3, -0.25) is 0 Å². The molecule has 0 spiro atoms. The minimum Gasteiger partial charge on any atom is -0.448 e. The van der Waals surface area contributed by atoms with Gasteiger partial charge in [-0.25, -0.2) is 4.39 Å². The second kappa shape index (κ2) is 6.73. The molecule has 0 saturated carbocycles. The Morgan fingerprint density at radius 1 is 1.21 bits per heavy atom. The smallest absolute Gasteiger partial charge is 0.193 e. The third kappa shape index (κ3) is 4.08. The molecule has 1 N–H and O–H groups in total. The molecule has 2 rings (SSSR count). The number of rotatable bonds is 6. The predicted octanol–water partition coefficient (Wildman–Crippen LogP) is 4.36. The number of furan rings is 1. The lowest BCUT2D eigenvalue weighted by Gasteiger charge is -2.16. The fourth-order valence-electron chi connectivity index (χ4n) is 1.96. The summed E-state index contributed by atoms with van der Waals surface area (Å²) in [5.41, 5.74) is 1.06. The van der Waals surface area contributed by atoms with E-state index in [1.807, 2.05) is 6.07 Å². The van der Waals surface area contributed by atoms with E-state index in [-0.39, 0.29) is 11.9 Å². The first kappa shape index (κ1) is 14.1. The van der Waals surface area contributed by atoms with Crippen LogP contribution < -0.4 is 5.32 Å². The van der Waals surface area contributed by atoms with Gasteiger partial charge < -0.3 is 9.73 Å². The molecule has 0 aliphatic rings. The Kier molecular flexibility index (Phi) is 5.00. The SMILES string of the molecule is CCCNC(Cc1ccc(F)cc1)c1ccc(Cl)o1. The zero-order valence-corrected chi connectivity index (χ0v) is 11.6. The van der Waals surface area contributed by atoms with Crippen molar-refractivity contribution in [1.82, 2.24) is 5.32 Å². The first-order valence-electron chi connectivity index (χ1n) is 6.42. The third-order valence-corrected chi connectivity index (χ3v) is 3.13. The van der Waals surface area contributed by atoms with Crippen LogP contribution in [0.1, 0.15) is 30.7 Å². The van der Waals surface area contributed by atoms with E-state index < -0.39 is 0 Å². The Balaban J connectivity index is 2.11. The van der Waals surface area contributed by atoms with Gasteiger partial charge in [-0.2, -0.15) is 0 Å². The Bertz CT molecular complexity index is 509. The second-order valence-electron chi connectivity index (χ2n) is 4.48. The number of hydrogen-bond acceptors (Lipinski definition) is 2. The molecule has 2 aromatic rings. The van der Waals surface area contributed by atoms with Crippen molar-refractivity contribution in [2.45, 2.75) is 25.8 Å². The molecule has 0 aliphatic heterocycles. The molecule has 0 bridgehead atoms. The summed E-state index contributed by atoms with van der Waals surface area (Å²) in [7, 11) is 0. The van der Waals surface area contributed by atoms with Gasteiger partial charge in [0.2, 0.25) is 0 Å². The molecule has 0 amide bonds. The lowest BCUT2D eigenvalue weighted by atomic mass is 10.0. The van der Waals surface area contributed by atoms with Crippen molar-refractivity contribution in [2.75, 3.05) is 6.54 Å². The van der Waals surface area contributed by atoms with Crippen LogP contribution >= 0.6 is 11.6 Å². The van der Waals surface area contributed by atoms with Gasteiger partial charge in [0.05, 0.1) is 6.04 Å². The molecule has 4 heteroatoms. The van der Waals surface area contributed by atoms with Crippen LogP contribution in [0.4, 0.5) is 4.39 Å². The van der Waals surface area contributed by atoms with Gasteiger partial charge in [0, 0.05) is 0 Å². The van der Waals surface area contributed by atoms with Crippen LogP contribution in [0, 0.1) is 5.82 Å². The fraction of sp³-hybridized carbons (Fsp3) is 0.333. The molecular formula is C15H17ClFNO. The number of benzene rings is 1. The Hall–Kier alpha value is -1.32. The first-order chi connectivity index (χ1) is 9.19. The Morgan fingerprint density at radius 3 is 2.53 bits per heavy atom. The largest absolute Gasteiger partial charge is 0.448 e. The quantitative estimate of drug-likeness (QED) is 0.851. The van der Waals surface area contributed by atoms with E-state index in [4.69, 9.17) is 16.0 Å². The van der Waals surface area contributed by atoms with E-state index in [0.717, 1.165) is 30.7 Å². The lowest BCUT2D eigenvalue weighted by Crippen LogP contribution is -2.23. The van der Waals surface area contributed by atoms with Crippen LogP contribution in [0.25, 0.3) is 0 Å². The molecule has 1 unspecified atom stereocenters. The predicted molar refractivity (Wildman–Crippen MR) is 74.9 cm³/mol. The molecule has 19 heavy (non-hydrogen) atoms.